The molecule has 0 radical (unpaired) electrons. The summed E-state index contributed by atoms with van der Waals surface area (Å²) in [5.74, 6) is -0.559. The molecule has 0 aromatic heterocycles. The van der Waals surface area contributed by atoms with Crippen molar-refractivity contribution in [1.29, 1.82) is 0 Å². The summed E-state index contributed by atoms with van der Waals surface area (Å²) < 4.78 is 4.86. The van der Waals surface area contributed by atoms with E-state index < -0.39 is 0 Å². The average Bonchev–Trinajstić information content (AvgIpc) is 2.21. The minimum Gasteiger partial charge on any atom is -0.505 e. The van der Waals surface area contributed by atoms with Crippen molar-refractivity contribution in [2.45, 2.75) is 0 Å². The molecule has 3 nitrogen and oxygen atoms in total. The Kier molecular flexibility index (Phi) is 3.61. The van der Waals surface area contributed by atoms with Gasteiger partial charge in [0.2, 0.25) is 0 Å². The maximum Gasteiger partial charge on any atom is 0.181 e. The molecule has 0 unspecified atom stereocenters. The Labute approximate surface area is 91.2 Å². The molecular formula is C9H8Cl2O3. The van der Waals surface area contributed by atoms with Crippen LogP contribution < -0.4 is 4.74 Å². The molecule has 0 aliphatic heterocycles. The van der Waals surface area contributed by atoms with Crippen LogP contribution in [0.25, 0.3) is 0 Å². The zero-order valence-corrected chi connectivity index (χ0v) is 8.89. The van der Waals surface area contributed by atoms with Gasteiger partial charge in [0.05, 0.1) is 18.6 Å². The molecule has 0 spiro atoms. The van der Waals surface area contributed by atoms with Crippen molar-refractivity contribution in [1.82, 2.24) is 0 Å². The van der Waals surface area contributed by atoms with Crippen LogP contribution in [0.15, 0.2) is 12.1 Å². The summed E-state index contributed by atoms with van der Waals surface area (Å²) in [7, 11) is 1.42. The van der Waals surface area contributed by atoms with Gasteiger partial charge in [-0.3, -0.25) is 4.79 Å². The number of halogens is 2. The van der Waals surface area contributed by atoms with E-state index in [4.69, 9.17) is 27.9 Å². The number of carbonyl (C=O) groups excluding carboxylic acids is 1. The predicted molar refractivity (Wildman–Crippen MR) is 54.7 cm³/mol. The number of ketones is 1. The second kappa shape index (κ2) is 4.53. The lowest BCUT2D eigenvalue weighted by Gasteiger charge is -2.07. The van der Waals surface area contributed by atoms with Crippen LogP contribution in [-0.4, -0.2) is 23.9 Å². The van der Waals surface area contributed by atoms with E-state index >= 15 is 0 Å². The summed E-state index contributed by atoms with van der Waals surface area (Å²) in [6.45, 7) is 0. The fourth-order valence-electron chi connectivity index (χ4n) is 1.00. The van der Waals surface area contributed by atoms with Crippen molar-refractivity contribution in [3.05, 3.63) is 22.7 Å². The van der Waals surface area contributed by atoms with E-state index in [-0.39, 0.29) is 28.0 Å². The van der Waals surface area contributed by atoms with E-state index in [1.54, 1.807) is 0 Å². The summed E-state index contributed by atoms with van der Waals surface area (Å²) in [6.07, 6.45) is 0. The van der Waals surface area contributed by atoms with Crippen molar-refractivity contribution >= 4 is 29.0 Å². The molecule has 14 heavy (non-hydrogen) atoms. The Morgan fingerprint density at radius 2 is 2.21 bits per heavy atom. The maximum atomic E-state index is 11.2. The number of alkyl halides is 1. The van der Waals surface area contributed by atoms with E-state index in [0.29, 0.717) is 5.75 Å². The molecule has 0 bridgehead atoms. The number of Topliss-reactive ketones (excluding diaryl/α,β-unsaturated/α-hetero) is 1. The van der Waals surface area contributed by atoms with Crippen LogP contribution in [0.4, 0.5) is 0 Å². The fourth-order valence-corrected chi connectivity index (χ4v) is 1.39. The number of aromatic hydroxyl groups is 1. The number of hydrogen-bond donors (Lipinski definition) is 1. The molecule has 0 atom stereocenters. The first kappa shape index (κ1) is 11.1. The molecule has 0 heterocycles. The highest BCUT2D eigenvalue weighted by Crippen LogP contribution is 2.36. The number of phenols is 1. The molecule has 5 heteroatoms. The third kappa shape index (κ3) is 1.94. The van der Waals surface area contributed by atoms with Gasteiger partial charge < -0.3 is 9.84 Å². The van der Waals surface area contributed by atoms with Crippen LogP contribution in [0.1, 0.15) is 10.4 Å². The molecule has 76 valence electrons. The molecule has 0 amide bonds. The molecule has 0 fully saturated rings. The Hall–Kier alpha value is -0.930. The van der Waals surface area contributed by atoms with Crippen molar-refractivity contribution in [3.8, 4) is 11.5 Å². The van der Waals surface area contributed by atoms with Crippen molar-refractivity contribution < 1.29 is 14.6 Å². The van der Waals surface area contributed by atoms with Crippen LogP contribution >= 0.6 is 23.2 Å². The van der Waals surface area contributed by atoms with Crippen LogP contribution in [0, 0.1) is 0 Å². The van der Waals surface area contributed by atoms with E-state index in [0.717, 1.165) is 0 Å². The summed E-state index contributed by atoms with van der Waals surface area (Å²) in [5, 5.41) is 9.54. The smallest absolute Gasteiger partial charge is 0.181 e. The SMILES string of the molecule is COc1ccc(C(=O)CCl)c(O)c1Cl. The van der Waals surface area contributed by atoms with Gasteiger partial charge in [-0.2, -0.15) is 0 Å². The Morgan fingerprint density at radius 1 is 1.57 bits per heavy atom. The summed E-state index contributed by atoms with van der Waals surface area (Å²) in [6, 6.07) is 2.92. The highest BCUT2D eigenvalue weighted by atomic mass is 35.5. The van der Waals surface area contributed by atoms with E-state index in [2.05, 4.69) is 0 Å². The number of carbonyl (C=O) groups is 1. The standard InChI is InChI=1S/C9H8Cl2O3/c1-14-7-3-2-5(6(12)4-10)9(13)8(7)11/h2-3,13H,4H2,1H3. The molecule has 0 saturated heterocycles. The number of methoxy groups -OCH3 is 1. The molecule has 0 aliphatic carbocycles. The molecule has 1 aromatic rings. The van der Waals surface area contributed by atoms with E-state index in [1.165, 1.54) is 19.2 Å². The first-order valence-electron chi connectivity index (χ1n) is 3.76. The second-order valence-corrected chi connectivity index (χ2v) is 3.18. The lowest BCUT2D eigenvalue weighted by atomic mass is 10.1. The van der Waals surface area contributed by atoms with Crippen molar-refractivity contribution in [2.75, 3.05) is 13.0 Å². The molecular weight excluding hydrogens is 227 g/mol. The molecule has 1 N–H and O–H groups in total. The van der Waals surface area contributed by atoms with Gasteiger partial charge in [0.15, 0.2) is 5.78 Å². The van der Waals surface area contributed by atoms with Crippen LogP contribution in [-0.2, 0) is 0 Å². The fraction of sp³-hybridized carbons (Fsp3) is 0.222. The topological polar surface area (TPSA) is 46.5 Å². The minimum atomic E-state index is -0.381. The third-order valence-electron chi connectivity index (χ3n) is 1.72. The number of benzene rings is 1. The monoisotopic (exact) mass is 234 g/mol. The molecule has 0 aliphatic rings. The van der Waals surface area contributed by atoms with Gasteiger partial charge in [-0.1, -0.05) is 11.6 Å². The summed E-state index contributed by atoms with van der Waals surface area (Å²) >= 11 is 11.1. The molecule has 0 saturated carbocycles. The van der Waals surface area contributed by atoms with Gasteiger partial charge in [0.1, 0.15) is 16.5 Å². The lowest BCUT2D eigenvalue weighted by Crippen LogP contribution is -2.01. The summed E-state index contributed by atoms with van der Waals surface area (Å²) in [5.41, 5.74) is 0.103. The van der Waals surface area contributed by atoms with Gasteiger partial charge in [-0.05, 0) is 12.1 Å². The molecule has 1 rings (SSSR count). The van der Waals surface area contributed by atoms with Crippen molar-refractivity contribution in [2.24, 2.45) is 0 Å². The van der Waals surface area contributed by atoms with Crippen LogP contribution in [0.3, 0.4) is 0 Å². The second-order valence-electron chi connectivity index (χ2n) is 2.53. The highest BCUT2D eigenvalue weighted by Gasteiger charge is 2.15. The Balaban J connectivity index is 3.24. The normalized spacial score (nSPS) is 9.93. The number of hydrogen-bond acceptors (Lipinski definition) is 3. The number of ether oxygens (including phenoxy) is 1. The minimum absolute atomic E-state index is 0.0171. The van der Waals surface area contributed by atoms with Gasteiger partial charge in [0, 0.05) is 0 Å². The maximum absolute atomic E-state index is 11.2. The van der Waals surface area contributed by atoms with E-state index in [9.17, 15) is 9.90 Å². The first-order chi connectivity index (χ1) is 6.61. The Bertz CT molecular complexity index is 363. The van der Waals surface area contributed by atoms with Gasteiger partial charge >= 0.3 is 0 Å². The highest BCUT2D eigenvalue weighted by molar-refractivity contribution is 6.35. The van der Waals surface area contributed by atoms with E-state index in [1.807, 2.05) is 0 Å². The van der Waals surface area contributed by atoms with Crippen LogP contribution in [0.5, 0.6) is 11.5 Å². The largest absolute Gasteiger partial charge is 0.505 e. The van der Waals surface area contributed by atoms with Crippen molar-refractivity contribution in [3.63, 3.8) is 0 Å². The molecule has 1 aromatic carbocycles. The van der Waals surface area contributed by atoms with Crippen LogP contribution in [0.2, 0.25) is 5.02 Å². The zero-order valence-electron chi connectivity index (χ0n) is 7.38. The zero-order chi connectivity index (χ0) is 10.7. The lowest BCUT2D eigenvalue weighted by molar-refractivity contribution is 0.101. The first-order valence-corrected chi connectivity index (χ1v) is 4.67. The number of phenolic OH excluding ortho intramolecular Hbond substituents is 1. The van der Waals surface area contributed by atoms with Gasteiger partial charge in [-0.15, -0.1) is 11.6 Å². The predicted octanol–water partition coefficient (Wildman–Crippen LogP) is 2.48. The Morgan fingerprint density at radius 3 is 2.71 bits per heavy atom. The number of rotatable bonds is 3. The summed E-state index contributed by atoms with van der Waals surface area (Å²) in [4.78, 5) is 11.2. The third-order valence-corrected chi connectivity index (χ3v) is 2.33. The van der Waals surface area contributed by atoms with Gasteiger partial charge in [0.25, 0.3) is 0 Å². The van der Waals surface area contributed by atoms with Gasteiger partial charge in [-0.25, -0.2) is 0 Å². The average molecular weight is 235 g/mol. The quantitative estimate of drug-likeness (QED) is 0.646.